The van der Waals surface area contributed by atoms with Gasteiger partial charge in [0.25, 0.3) is 0 Å². The molecule has 0 saturated heterocycles. The van der Waals surface area contributed by atoms with Crippen molar-refractivity contribution in [2.24, 2.45) is 0 Å². The molecule has 0 amide bonds. The number of furan rings is 1. The molecule has 4 nitrogen and oxygen atoms in total. The molecule has 0 unspecified atom stereocenters. The van der Waals surface area contributed by atoms with Crippen molar-refractivity contribution in [3.63, 3.8) is 0 Å². The Kier molecular flexibility index (Phi) is 5.62. The van der Waals surface area contributed by atoms with Crippen LogP contribution in [0.2, 0.25) is 0 Å². The number of nitrogens with zero attached hydrogens (tertiary/aromatic N) is 2. The molecule has 1 N–H and O–H groups in total. The molecule has 0 aliphatic rings. The summed E-state index contributed by atoms with van der Waals surface area (Å²) < 4.78 is 7.96. The fourth-order valence-electron chi connectivity index (χ4n) is 2.50. The predicted molar refractivity (Wildman–Crippen MR) is 85.5 cm³/mol. The van der Waals surface area contributed by atoms with Gasteiger partial charge in [0, 0.05) is 17.8 Å². The molecule has 2 aromatic rings. The van der Waals surface area contributed by atoms with Gasteiger partial charge >= 0.3 is 0 Å². The minimum absolute atomic E-state index is 0.720. The van der Waals surface area contributed by atoms with Crippen LogP contribution in [-0.4, -0.2) is 16.3 Å². The SMILES string of the molecule is CCCNCc1cc(Cn2nc(CC)cc2CC)oc1C. The molecule has 0 radical (unpaired) electrons. The zero-order valence-electron chi connectivity index (χ0n) is 13.7. The minimum atomic E-state index is 0.720. The van der Waals surface area contributed by atoms with E-state index in [9.17, 15) is 0 Å². The monoisotopic (exact) mass is 289 g/mol. The maximum Gasteiger partial charge on any atom is 0.125 e. The zero-order chi connectivity index (χ0) is 15.2. The average Bonchev–Trinajstić information content (AvgIpc) is 3.03. The highest BCUT2D eigenvalue weighted by Gasteiger charge is 2.11. The van der Waals surface area contributed by atoms with E-state index < -0.39 is 0 Å². The molecule has 0 fully saturated rings. The van der Waals surface area contributed by atoms with Gasteiger partial charge in [0.05, 0.1) is 12.2 Å². The zero-order valence-corrected chi connectivity index (χ0v) is 13.7. The Morgan fingerprint density at radius 3 is 2.67 bits per heavy atom. The van der Waals surface area contributed by atoms with Gasteiger partial charge in [0.2, 0.25) is 0 Å². The Bertz CT molecular complexity index is 569. The summed E-state index contributed by atoms with van der Waals surface area (Å²) in [5.41, 5.74) is 3.67. The van der Waals surface area contributed by atoms with Gasteiger partial charge in [-0.05, 0) is 44.9 Å². The van der Waals surface area contributed by atoms with Gasteiger partial charge in [-0.1, -0.05) is 20.8 Å². The maximum absolute atomic E-state index is 5.89. The fraction of sp³-hybridized carbons (Fsp3) is 0.588. The summed E-state index contributed by atoms with van der Waals surface area (Å²) in [6.07, 6.45) is 3.12. The van der Waals surface area contributed by atoms with Gasteiger partial charge in [-0.15, -0.1) is 0 Å². The highest BCUT2D eigenvalue weighted by atomic mass is 16.3. The summed E-state index contributed by atoms with van der Waals surface area (Å²) in [6, 6.07) is 4.35. The smallest absolute Gasteiger partial charge is 0.125 e. The van der Waals surface area contributed by atoms with Crippen LogP contribution in [0.1, 0.15) is 55.7 Å². The molecule has 2 heterocycles. The van der Waals surface area contributed by atoms with Gasteiger partial charge in [-0.25, -0.2) is 0 Å². The molecule has 0 bridgehead atoms. The molecule has 116 valence electrons. The molecule has 0 atom stereocenters. The van der Waals surface area contributed by atoms with Crippen LogP contribution in [0.4, 0.5) is 0 Å². The first-order valence-electron chi connectivity index (χ1n) is 8.02. The van der Waals surface area contributed by atoms with E-state index in [1.807, 2.05) is 6.92 Å². The third kappa shape index (κ3) is 3.97. The van der Waals surface area contributed by atoms with Crippen molar-refractivity contribution in [2.45, 2.75) is 60.0 Å². The van der Waals surface area contributed by atoms with Crippen molar-refractivity contribution in [1.29, 1.82) is 0 Å². The van der Waals surface area contributed by atoms with Crippen molar-refractivity contribution in [3.8, 4) is 0 Å². The highest BCUT2D eigenvalue weighted by Crippen LogP contribution is 2.17. The van der Waals surface area contributed by atoms with Crippen molar-refractivity contribution in [1.82, 2.24) is 15.1 Å². The Morgan fingerprint density at radius 1 is 1.19 bits per heavy atom. The summed E-state index contributed by atoms with van der Waals surface area (Å²) >= 11 is 0. The van der Waals surface area contributed by atoms with Crippen molar-refractivity contribution >= 4 is 0 Å². The van der Waals surface area contributed by atoms with Crippen LogP contribution in [0.3, 0.4) is 0 Å². The number of nitrogens with one attached hydrogen (secondary N) is 1. The van der Waals surface area contributed by atoms with Crippen LogP contribution in [0.25, 0.3) is 0 Å². The molecule has 0 aliphatic heterocycles. The van der Waals surface area contributed by atoms with E-state index in [4.69, 9.17) is 4.42 Å². The lowest BCUT2D eigenvalue weighted by atomic mass is 10.2. The number of rotatable bonds is 8. The highest BCUT2D eigenvalue weighted by molar-refractivity contribution is 5.21. The van der Waals surface area contributed by atoms with Crippen LogP contribution in [-0.2, 0) is 25.9 Å². The topological polar surface area (TPSA) is 43.0 Å². The summed E-state index contributed by atoms with van der Waals surface area (Å²) in [7, 11) is 0. The van der Waals surface area contributed by atoms with Crippen LogP contribution < -0.4 is 5.32 Å². The Balaban J connectivity index is 2.09. The van der Waals surface area contributed by atoms with E-state index in [2.05, 4.69) is 48.0 Å². The number of aromatic nitrogens is 2. The minimum Gasteiger partial charge on any atom is -0.464 e. The van der Waals surface area contributed by atoms with Gasteiger partial charge in [-0.3, -0.25) is 4.68 Å². The molecule has 21 heavy (non-hydrogen) atoms. The van der Waals surface area contributed by atoms with E-state index in [0.29, 0.717) is 0 Å². The summed E-state index contributed by atoms with van der Waals surface area (Å²) in [6.45, 7) is 11.2. The van der Waals surface area contributed by atoms with E-state index in [1.54, 1.807) is 0 Å². The third-order valence-electron chi connectivity index (χ3n) is 3.76. The predicted octanol–water partition coefficient (Wildman–Crippen LogP) is 3.46. The first-order chi connectivity index (χ1) is 10.2. The van der Waals surface area contributed by atoms with Crippen LogP contribution in [0, 0.1) is 6.92 Å². The van der Waals surface area contributed by atoms with E-state index in [-0.39, 0.29) is 0 Å². The van der Waals surface area contributed by atoms with Crippen molar-refractivity contribution < 1.29 is 4.42 Å². The second-order valence-corrected chi connectivity index (χ2v) is 5.46. The number of hydrogen-bond donors (Lipinski definition) is 1. The lowest BCUT2D eigenvalue weighted by Crippen LogP contribution is -2.13. The standard InChI is InChI=1S/C17H27N3O/c1-5-8-18-11-14-9-17(21-13(14)4)12-20-16(7-3)10-15(6-2)19-20/h9-10,18H,5-8,11-12H2,1-4H3. The maximum atomic E-state index is 5.89. The van der Waals surface area contributed by atoms with Gasteiger partial charge in [0.1, 0.15) is 11.5 Å². The van der Waals surface area contributed by atoms with Crippen LogP contribution in [0.15, 0.2) is 16.5 Å². The van der Waals surface area contributed by atoms with Gasteiger partial charge in [-0.2, -0.15) is 5.10 Å². The van der Waals surface area contributed by atoms with E-state index >= 15 is 0 Å². The van der Waals surface area contributed by atoms with Gasteiger partial charge in [0.15, 0.2) is 0 Å². The molecule has 0 saturated carbocycles. The molecule has 0 aromatic carbocycles. The second-order valence-electron chi connectivity index (χ2n) is 5.46. The molecule has 2 aromatic heterocycles. The third-order valence-corrected chi connectivity index (χ3v) is 3.76. The Morgan fingerprint density at radius 2 is 2.00 bits per heavy atom. The summed E-state index contributed by atoms with van der Waals surface area (Å²) in [5, 5.41) is 8.07. The van der Waals surface area contributed by atoms with Gasteiger partial charge < -0.3 is 9.73 Å². The van der Waals surface area contributed by atoms with Crippen molar-refractivity contribution in [3.05, 3.63) is 40.6 Å². The Hall–Kier alpha value is -1.55. The molecular weight excluding hydrogens is 262 g/mol. The molecule has 4 heteroatoms. The first kappa shape index (κ1) is 15.8. The average molecular weight is 289 g/mol. The number of aryl methyl sites for hydroxylation is 3. The van der Waals surface area contributed by atoms with Crippen LogP contribution in [0.5, 0.6) is 0 Å². The largest absolute Gasteiger partial charge is 0.464 e. The summed E-state index contributed by atoms with van der Waals surface area (Å²) in [5.74, 6) is 2.00. The second kappa shape index (κ2) is 7.46. The molecule has 0 aliphatic carbocycles. The molecular formula is C17H27N3O. The lowest BCUT2D eigenvalue weighted by molar-refractivity contribution is 0.451. The lowest BCUT2D eigenvalue weighted by Gasteiger charge is -2.02. The quantitative estimate of drug-likeness (QED) is 0.757. The first-order valence-corrected chi connectivity index (χ1v) is 8.02. The fourth-order valence-corrected chi connectivity index (χ4v) is 2.50. The number of hydrogen-bond acceptors (Lipinski definition) is 3. The van der Waals surface area contributed by atoms with E-state index in [0.717, 1.165) is 56.1 Å². The van der Waals surface area contributed by atoms with Crippen LogP contribution >= 0.6 is 0 Å². The normalized spacial score (nSPS) is 11.2. The Labute approximate surface area is 127 Å². The van der Waals surface area contributed by atoms with Crippen molar-refractivity contribution in [2.75, 3.05) is 6.54 Å². The molecule has 0 spiro atoms. The summed E-state index contributed by atoms with van der Waals surface area (Å²) in [4.78, 5) is 0. The van der Waals surface area contributed by atoms with E-state index in [1.165, 1.54) is 11.3 Å². The molecule has 2 rings (SSSR count).